The van der Waals surface area contributed by atoms with Crippen LogP contribution >= 0.6 is 15.9 Å². The van der Waals surface area contributed by atoms with Crippen molar-refractivity contribution in [3.63, 3.8) is 0 Å². The van der Waals surface area contributed by atoms with Crippen LogP contribution < -0.4 is 10.1 Å². The Labute approximate surface area is 152 Å². The normalized spacial score (nSPS) is 11.8. The van der Waals surface area contributed by atoms with Crippen LogP contribution in [-0.4, -0.2) is 21.0 Å². The third kappa shape index (κ3) is 4.42. The van der Waals surface area contributed by atoms with E-state index in [0.29, 0.717) is 28.9 Å². The average molecular weight is 403 g/mol. The van der Waals surface area contributed by atoms with Gasteiger partial charge in [0, 0.05) is 16.7 Å². The van der Waals surface area contributed by atoms with Gasteiger partial charge in [-0.2, -0.15) is 4.98 Å². The first kappa shape index (κ1) is 17.1. The van der Waals surface area contributed by atoms with Crippen LogP contribution in [0, 0.1) is 6.92 Å². The summed E-state index contributed by atoms with van der Waals surface area (Å²) in [5.74, 6) is 1.65. The fourth-order valence-electron chi connectivity index (χ4n) is 2.03. The molecule has 7 nitrogen and oxygen atoms in total. The van der Waals surface area contributed by atoms with E-state index >= 15 is 0 Å². The molecule has 3 aromatic rings. The second kappa shape index (κ2) is 7.43. The molecule has 1 N–H and O–H groups in total. The van der Waals surface area contributed by atoms with Gasteiger partial charge in [0.2, 0.25) is 11.8 Å². The van der Waals surface area contributed by atoms with Gasteiger partial charge in [0.25, 0.3) is 5.91 Å². The Kier molecular flexibility index (Phi) is 5.08. The van der Waals surface area contributed by atoms with Crippen molar-refractivity contribution in [3.05, 3.63) is 64.3 Å². The SMILES string of the molecule is Cc1noc([C@H](C)NC(=O)c2ccc(Oc3ccc(Br)cc3)nc2)n1. The summed E-state index contributed by atoms with van der Waals surface area (Å²) in [4.78, 5) is 20.5. The molecule has 0 saturated carbocycles. The van der Waals surface area contributed by atoms with Crippen molar-refractivity contribution >= 4 is 21.8 Å². The number of halogens is 1. The number of carbonyl (C=O) groups excluding carboxylic acids is 1. The number of amides is 1. The average Bonchev–Trinajstić information content (AvgIpc) is 3.04. The molecule has 0 fully saturated rings. The summed E-state index contributed by atoms with van der Waals surface area (Å²) in [7, 11) is 0. The van der Waals surface area contributed by atoms with Gasteiger partial charge in [-0.1, -0.05) is 21.1 Å². The Morgan fingerprint density at radius 1 is 1.24 bits per heavy atom. The third-order valence-electron chi connectivity index (χ3n) is 3.30. The van der Waals surface area contributed by atoms with E-state index in [2.05, 4.69) is 36.4 Å². The molecule has 25 heavy (non-hydrogen) atoms. The minimum Gasteiger partial charge on any atom is -0.439 e. The summed E-state index contributed by atoms with van der Waals surface area (Å²) in [6, 6.07) is 10.3. The maximum absolute atomic E-state index is 12.3. The zero-order valence-electron chi connectivity index (χ0n) is 13.6. The number of nitrogens with one attached hydrogen (secondary N) is 1. The zero-order chi connectivity index (χ0) is 17.8. The summed E-state index contributed by atoms with van der Waals surface area (Å²) in [5, 5.41) is 6.49. The highest BCUT2D eigenvalue weighted by Crippen LogP contribution is 2.21. The van der Waals surface area contributed by atoms with Crippen molar-refractivity contribution in [1.29, 1.82) is 0 Å². The maximum Gasteiger partial charge on any atom is 0.253 e. The third-order valence-corrected chi connectivity index (χ3v) is 3.82. The largest absolute Gasteiger partial charge is 0.439 e. The molecule has 0 bridgehead atoms. The Bertz CT molecular complexity index is 862. The number of pyridine rings is 1. The lowest BCUT2D eigenvalue weighted by Crippen LogP contribution is -2.26. The lowest BCUT2D eigenvalue weighted by Gasteiger charge is -2.10. The van der Waals surface area contributed by atoms with Crippen molar-refractivity contribution in [2.24, 2.45) is 0 Å². The predicted octanol–water partition coefficient (Wildman–Crippen LogP) is 3.82. The number of nitrogens with zero attached hydrogens (tertiary/aromatic N) is 3. The number of hydrogen-bond acceptors (Lipinski definition) is 6. The van der Waals surface area contributed by atoms with Crippen LogP contribution in [0.1, 0.15) is 35.0 Å². The number of carbonyl (C=O) groups is 1. The number of rotatable bonds is 5. The van der Waals surface area contributed by atoms with Gasteiger partial charge in [0.05, 0.1) is 5.56 Å². The summed E-state index contributed by atoms with van der Waals surface area (Å²) in [5.41, 5.74) is 0.409. The van der Waals surface area contributed by atoms with Crippen molar-refractivity contribution in [3.8, 4) is 11.6 Å². The quantitative estimate of drug-likeness (QED) is 0.697. The van der Waals surface area contributed by atoms with Gasteiger partial charge in [-0.3, -0.25) is 4.79 Å². The number of aromatic nitrogens is 3. The topological polar surface area (TPSA) is 90.1 Å². The van der Waals surface area contributed by atoms with Crippen molar-refractivity contribution in [2.75, 3.05) is 0 Å². The summed E-state index contributed by atoms with van der Waals surface area (Å²) in [6.07, 6.45) is 1.45. The fraction of sp³-hybridized carbons (Fsp3) is 0.176. The fourth-order valence-corrected chi connectivity index (χ4v) is 2.29. The van der Waals surface area contributed by atoms with Crippen LogP contribution in [0.2, 0.25) is 0 Å². The number of ether oxygens (including phenoxy) is 1. The van der Waals surface area contributed by atoms with E-state index in [9.17, 15) is 4.79 Å². The molecular formula is C17H15BrN4O3. The Balaban J connectivity index is 1.63. The van der Waals surface area contributed by atoms with Gasteiger partial charge in [-0.15, -0.1) is 0 Å². The first-order chi connectivity index (χ1) is 12.0. The summed E-state index contributed by atoms with van der Waals surface area (Å²) < 4.78 is 11.6. The Morgan fingerprint density at radius 3 is 2.60 bits per heavy atom. The van der Waals surface area contributed by atoms with Crippen LogP contribution in [0.5, 0.6) is 11.6 Å². The lowest BCUT2D eigenvalue weighted by molar-refractivity contribution is 0.0932. The van der Waals surface area contributed by atoms with Crippen LogP contribution in [0.25, 0.3) is 0 Å². The number of aryl methyl sites for hydroxylation is 1. The molecule has 0 spiro atoms. The maximum atomic E-state index is 12.3. The van der Waals surface area contributed by atoms with Crippen LogP contribution in [0.4, 0.5) is 0 Å². The molecule has 1 aromatic carbocycles. The molecule has 0 aliphatic rings. The number of benzene rings is 1. The van der Waals surface area contributed by atoms with Gasteiger partial charge in [0.1, 0.15) is 11.8 Å². The van der Waals surface area contributed by atoms with E-state index < -0.39 is 6.04 Å². The first-order valence-electron chi connectivity index (χ1n) is 7.52. The Morgan fingerprint density at radius 2 is 2.00 bits per heavy atom. The minimum atomic E-state index is -0.396. The molecule has 1 atom stereocenters. The molecule has 0 aliphatic heterocycles. The van der Waals surface area contributed by atoms with E-state index in [1.807, 2.05) is 24.3 Å². The van der Waals surface area contributed by atoms with Crippen LogP contribution in [-0.2, 0) is 0 Å². The van der Waals surface area contributed by atoms with Crippen LogP contribution in [0.3, 0.4) is 0 Å². The van der Waals surface area contributed by atoms with Crippen molar-refractivity contribution in [1.82, 2.24) is 20.4 Å². The molecule has 0 unspecified atom stereocenters. The van der Waals surface area contributed by atoms with Crippen molar-refractivity contribution < 1.29 is 14.1 Å². The summed E-state index contributed by atoms with van der Waals surface area (Å²) >= 11 is 3.36. The minimum absolute atomic E-state index is 0.286. The van der Waals surface area contributed by atoms with E-state index in [0.717, 1.165) is 4.47 Å². The second-order valence-corrected chi connectivity index (χ2v) is 6.23. The van der Waals surface area contributed by atoms with Gasteiger partial charge < -0.3 is 14.6 Å². The van der Waals surface area contributed by atoms with Gasteiger partial charge >= 0.3 is 0 Å². The highest BCUT2D eigenvalue weighted by Gasteiger charge is 2.17. The molecule has 0 aliphatic carbocycles. The van der Waals surface area contributed by atoms with E-state index in [4.69, 9.17) is 9.26 Å². The molecule has 0 radical (unpaired) electrons. The van der Waals surface area contributed by atoms with E-state index in [1.165, 1.54) is 6.20 Å². The highest BCUT2D eigenvalue weighted by atomic mass is 79.9. The van der Waals surface area contributed by atoms with Gasteiger partial charge in [-0.05, 0) is 44.2 Å². The van der Waals surface area contributed by atoms with E-state index in [-0.39, 0.29) is 5.91 Å². The van der Waals surface area contributed by atoms with Crippen LogP contribution in [0.15, 0.2) is 51.6 Å². The highest BCUT2D eigenvalue weighted by molar-refractivity contribution is 9.10. The Hall–Kier alpha value is -2.74. The summed E-state index contributed by atoms with van der Waals surface area (Å²) in [6.45, 7) is 3.49. The van der Waals surface area contributed by atoms with E-state index in [1.54, 1.807) is 26.0 Å². The second-order valence-electron chi connectivity index (χ2n) is 5.32. The molecule has 2 heterocycles. The molecule has 128 valence electrons. The van der Waals surface area contributed by atoms with Crippen molar-refractivity contribution in [2.45, 2.75) is 19.9 Å². The zero-order valence-corrected chi connectivity index (χ0v) is 15.1. The molecule has 8 heteroatoms. The smallest absolute Gasteiger partial charge is 0.253 e. The van der Waals surface area contributed by atoms with Gasteiger partial charge in [-0.25, -0.2) is 4.98 Å². The predicted molar refractivity (Wildman–Crippen MR) is 93.4 cm³/mol. The number of hydrogen-bond donors (Lipinski definition) is 1. The molecule has 2 aromatic heterocycles. The molecule has 3 rings (SSSR count). The monoisotopic (exact) mass is 402 g/mol. The molecule has 1 amide bonds. The molecule has 0 saturated heterocycles. The standard InChI is InChI=1S/C17H15BrN4O3/c1-10(17-21-11(2)22-25-17)20-16(23)12-3-8-15(19-9-12)24-14-6-4-13(18)5-7-14/h3-10H,1-2H3,(H,20,23)/t10-/m0/s1. The lowest BCUT2D eigenvalue weighted by atomic mass is 10.2. The molecular weight excluding hydrogens is 388 g/mol. The van der Waals surface area contributed by atoms with Gasteiger partial charge in [0.15, 0.2) is 5.82 Å². The first-order valence-corrected chi connectivity index (χ1v) is 8.31.